The first-order valence-electron chi connectivity index (χ1n) is 7.05. The van der Waals surface area contributed by atoms with E-state index >= 15 is 0 Å². The summed E-state index contributed by atoms with van der Waals surface area (Å²) in [6, 6.07) is 11.4. The number of pyridine rings is 1. The lowest BCUT2D eigenvalue weighted by Gasteiger charge is -2.22. The Bertz CT molecular complexity index is 832. The van der Waals surface area contributed by atoms with E-state index in [0.29, 0.717) is 10.0 Å². The summed E-state index contributed by atoms with van der Waals surface area (Å²) in [5.74, 6) is 0.910. The number of imidazole rings is 1. The van der Waals surface area contributed by atoms with Gasteiger partial charge in [-0.1, -0.05) is 35.3 Å². The van der Waals surface area contributed by atoms with Gasteiger partial charge >= 0.3 is 0 Å². The van der Waals surface area contributed by atoms with Crippen molar-refractivity contribution in [1.29, 1.82) is 0 Å². The van der Waals surface area contributed by atoms with Crippen molar-refractivity contribution >= 4 is 34.7 Å². The van der Waals surface area contributed by atoms with E-state index < -0.39 is 0 Å². The fourth-order valence-corrected chi connectivity index (χ4v) is 2.68. The molecule has 3 nitrogen and oxygen atoms in total. The van der Waals surface area contributed by atoms with E-state index in [1.54, 1.807) is 0 Å². The Balaban J connectivity index is 2.26. The number of fused-ring (bicyclic) bond motifs is 1. The molecule has 1 aromatic carbocycles. The van der Waals surface area contributed by atoms with Crippen LogP contribution in [0.3, 0.4) is 0 Å². The normalized spacial score (nSPS) is 11.9. The lowest BCUT2D eigenvalue weighted by molar-refractivity contribution is 0.629. The zero-order valence-electron chi connectivity index (χ0n) is 12.7. The summed E-state index contributed by atoms with van der Waals surface area (Å²) >= 11 is 12.3. The van der Waals surface area contributed by atoms with Crippen molar-refractivity contribution in [3.63, 3.8) is 0 Å². The molecule has 0 saturated heterocycles. The van der Waals surface area contributed by atoms with Gasteiger partial charge in [0.05, 0.1) is 5.02 Å². The second kappa shape index (κ2) is 5.49. The molecule has 2 aromatic heterocycles. The molecule has 5 heteroatoms. The second-order valence-electron chi connectivity index (χ2n) is 6.27. The molecule has 0 unspecified atom stereocenters. The Labute approximate surface area is 139 Å². The summed E-state index contributed by atoms with van der Waals surface area (Å²) in [5, 5.41) is 4.87. The molecule has 0 aliphatic heterocycles. The van der Waals surface area contributed by atoms with Crippen LogP contribution in [0.5, 0.6) is 0 Å². The Kier molecular flexibility index (Phi) is 3.79. The van der Waals surface area contributed by atoms with E-state index in [9.17, 15) is 0 Å². The van der Waals surface area contributed by atoms with Crippen LogP contribution in [0.4, 0.5) is 5.82 Å². The molecular weight excluding hydrogens is 317 g/mol. The maximum Gasteiger partial charge on any atom is 0.139 e. The first-order chi connectivity index (χ1) is 10.3. The highest BCUT2D eigenvalue weighted by Gasteiger charge is 2.19. The standard InChI is InChI=1S/C17H17Cl2N3/c1-17(2,3)21-16-15(11-5-4-6-12(18)9-11)20-14-8-7-13(19)10-22(14)16/h4-10,21H,1-3H3. The lowest BCUT2D eigenvalue weighted by Crippen LogP contribution is -2.27. The highest BCUT2D eigenvalue weighted by molar-refractivity contribution is 6.31. The molecule has 0 radical (unpaired) electrons. The molecule has 2 heterocycles. The monoisotopic (exact) mass is 333 g/mol. The highest BCUT2D eigenvalue weighted by atomic mass is 35.5. The third-order valence-electron chi connectivity index (χ3n) is 3.17. The molecule has 0 aliphatic carbocycles. The maximum atomic E-state index is 6.14. The molecule has 22 heavy (non-hydrogen) atoms. The Hall–Kier alpha value is -1.71. The Morgan fingerprint density at radius 1 is 1.05 bits per heavy atom. The summed E-state index contributed by atoms with van der Waals surface area (Å²) in [7, 11) is 0. The molecule has 0 spiro atoms. The Morgan fingerprint density at radius 3 is 2.50 bits per heavy atom. The molecule has 0 atom stereocenters. The molecule has 0 amide bonds. The molecular formula is C17H17Cl2N3. The summed E-state index contributed by atoms with van der Waals surface area (Å²) in [4.78, 5) is 4.73. The van der Waals surface area contributed by atoms with Gasteiger partial charge in [-0.25, -0.2) is 4.98 Å². The summed E-state index contributed by atoms with van der Waals surface area (Å²) in [6.07, 6.45) is 1.87. The predicted octanol–water partition coefficient (Wildman–Crippen LogP) is 5.52. The van der Waals surface area contributed by atoms with Gasteiger partial charge in [0.15, 0.2) is 0 Å². The van der Waals surface area contributed by atoms with Crippen molar-refractivity contribution in [2.75, 3.05) is 5.32 Å². The number of nitrogens with one attached hydrogen (secondary N) is 1. The Morgan fingerprint density at radius 2 is 1.82 bits per heavy atom. The van der Waals surface area contributed by atoms with Crippen molar-refractivity contribution in [2.24, 2.45) is 0 Å². The number of hydrogen-bond acceptors (Lipinski definition) is 2. The van der Waals surface area contributed by atoms with Crippen LogP contribution in [0, 0.1) is 0 Å². The van der Waals surface area contributed by atoms with E-state index in [1.807, 2.05) is 47.0 Å². The van der Waals surface area contributed by atoms with Crippen molar-refractivity contribution < 1.29 is 0 Å². The topological polar surface area (TPSA) is 29.3 Å². The van der Waals surface area contributed by atoms with Gasteiger partial charge in [-0.15, -0.1) is 0 Å². The molecule has 0 fully saturated rings. The van der Waals surface area contributed by atoms with Gasteiger partial charge < -0.3 is 5.32 Å². The largest absolute Gasteiger partial charge is 0.365 e. The van der Waals surface area contributed by atoms with E-state index in [-0.39, 0.29) is 5.54 Å². The zero-order chi connectivity index (χ0) is 15.9. The first-order valence-corrected chi connectivity index (χ1v) is 7.81. The summed E-state index contributed by atoms with van der Waals surface area (Å²) in [5.41, 5.74) is 2.57. The average molecular weight is 334 g/mol. The quantitative estimate of drug-likeness (QED) is 0.669. The van der Waals surface area contributed by atoms with Crippen molar-refractivity contribution in [1.82, 2.24) is 9.38 Å². The van der Waals surface area contributed by atoms with Gasteiger partial charge in [0, 0.05) is 22.3 Å². The molecule has 114 valence electrons. The number of halogens is 2. The van der Waals surface area contributed by atoms with Crippen LogP contribution < -0.4 is 5.32 Å². The number of benzene rings is 1. The zero-order valence-corrected chi connectivity index (χ0v) is 14.2. The molecule has 0 aliphatic rings. The first kappa shape index (κ1) is 15.2. The van der Waals surface area contributed by atoms with Crippen LogP contribution in [-0.4, -0.2) is 14.9 Å². The average Bonchev–Trinajstić information content (AvgIpc) is 2.75. The van der Waals surface area contributed by atoms with Crippen molar-refractivity contribution in [3.8, 4) is 11.3 Å². The summed E-state index contributed by atoms with van der Waals surface area (Å²) < 4.78 is 1.98. The minimum absolute atomic E-state index is 0.106. The van der Waals surface area contributed by atoms with Gasteiger partial charge in [0.1, 0.15) is 17.2 Å². The van der Waals surface area contributed by atoms with Gasteiger partial charge in [0.25, 0.3) is 0 Å². The van der Waals surface area contributed by atoms with Gasteiger partial charge in [-0.05, 0) is 45.0 Å². The SMILES string of the molecule is CC(C)(C)Nc1c(-c2cccc(Cl)c2)nc2ccc(Cl)cn12. The fraction of sp³-hybridized carbons (Fsp3) is 0.235. The third-order valence-corrected chi connectivity index (χ3v) is 3.63. The molecule has 0 saturated carbocycles. The van der Waals surface area contributed by atoms with Crippen LogP contribution in [0.2, 0.25) is 10.0 Å². The van der Waals surface area contributed by atoms with Gasteiger partial charge in [0.2, 0.25) is 0 Å². The molecule has 3 aromatic rings. The number of aromatic nitrogens is 2. The number of anilines is 1. The smallest absolute Gasteiger partial charge is 0.139 e. The van der Waals surface area contributed by atoms with Crippen LogP contribution in [0.25, 0.3) is 16.9 Å². The van der Waals surface area contributed by atoms with Crippen molar-refractivity contribution in [2.45, 2.75) is 26.3 Å². The lowest BCUT2D eigenvalue weighted by atomic mass is 10.1. The predicted molar refractivity (Wildman–Crippen MR) is 94.0 cm³/mol. The molecule has 1 N–H and O–H groups in total. The van der Waals surface area contributed by atoms with E-state index in [0.717, 1.165) is 22.7 Å². The van der Waals surface area contributed by atoms with Gasteiger partial charge in [-0.3, -0.25) is 4.40 Å². The van der Waals surface area contributed by atoms with Crippen molar-refractivity contribution in [3.05, 3.63) is 52.6 Å². The summed E-state index contributed by atoms with van der Waals surface area (Å²) in [6.45, 7) is 6.33. The maximum absolute atomic E-state index is 6.14. The van der Waals surface area contributed by atoms with Crippen LogP contribution in [0.15, 0.2) is 42.6 Å². The second-order valence-corrected chi connectivity index (χ2v) is 7.14. The fourth-order valence-electron chi connectivity index (χ4n) is 2.33. The van der Waals surface area contributed by atoms with E-state index in [2.05, 4.69) is 26.1 Å². The highest BCUT2D eigenvalue weighted by Crippen LogP contribution is 2.32. The minimum Gasteiger partial charge on any atom is -0.365 e. The minimum atomic E-state index is -0.106. The number of rotatable bonds is 2. The van der Waals surface area contributed by atoms with Crippen LogP contribution in [-0.2, 0) is 0 Å². The van der Waals surface area contributed by atoms with E-state index in [1.165, 1.54) is 0 Å². The van der Waals surface area contributed by atoms with E-state index in [4.69, 9.17) is 28.2 Å². The third kappa shape index (κ3) is 3.06. The molecule has 3 rings (SSSR count). The molecule has 0 bridgehead atoms. The number of nitrogens with zero attached hydrogens (tertiary/aromatic N) is 2. The van der Waals surface area contributed by atoms with Crippen LogP contribution >= 0.6 is 23.2 Å². The van der Waals surface area contributed by atoms with Crippen LogP contribution in [0.1, 0.15) is 20.8 Å². The van der Waals surface area contributed by atoms with Gasteiger partial charge in [-0.2, -0.15) is 0 Å². The number of hydrogen-bond donors (Lipinski definition) is 1.